The molecule has 0 aromatic rings. The van der Waals surface area contributed by atoms with Gasteiger partial charge in [0.15, 0.2) is 0 Å². The zero-order valence-electron chi connectivity index (χ0n) is 9.27. The minimum atomic E-state index is -0.0870. The topological polar surface area (TPSA) is 56.8 Å². The van der Waals surface area contributed by atoms with Crippen molar-refractivity contribution in [1.82, 2.24) is 20.8 Å². The van der Waals surface area contributed by atoms with Crippen LogP contribution in [-0.4, -0.2) is 48.8 Å². The summed E-state index contributed by atoms with van der Waals surface area (Å²) in [7, 11) is 1.79. The zero-order chi connectivity index (χ0) is 11.5. The normalized spacial score (nSPS) is 23.4. The fourth-order valence-corrected chi connectivity index (χ4v) is 1.93. The Morgan fingerprint density at radius 3 is 3.25 bits per heavy atom. The lowest BCUT2D eigenvalue weighted by Gasteiger charge is -2.21. The molecular weight excluding hydrogens is 208 g/mol. The Bertz CT molecular complexity index is 329. The monoisotopic (exact) mass is 224 g/mol. The Balaban J connectivity index is 2.07. The van der Waals surface area contributed by atoms with Gasteiger partial charge in [0.05, 0.1) is 19.2 Å². The molecular formula is C10H16N4O2. The van der Waals surface area contributed by atoms with Crippen LogP contribution in [0.4, 0.5) is 4.79 Å². The van der Waals surface area contributed by atoms with Gasteiger partial charge in [-0.3, -0.25) is 4.84 Å². The lowest BCUT2D eigenvalue weighted by Crippen LogP contribution is -2.38. The molecule has 1 fully saturated rings. The molecule has 0 aromatic carbocycles. The average Bonchev–Trinajstić information content (AvgIpc) is 2.49. The minimum absolute atomic E-state index is 0.0166. The van der Waals surface area contributed by atoms with E-state index in [4.69, 9.17) is 4.84 Å². The maximum absolute atomic E-state index is 11.9. The summed E-state index contributed by atoms with van der Waals surface area (Å²) in [5.41, 5.74) is 6.83. The number of hydrogen-bond donors (Lipinski definition) is 2. The quantitative estimate of drug-likeness (QED) is 0.503. The van der Waals surface area contributed by atoms with E-state index in [0.717, 1.165) is 5.70 Å². The largest absolute Gasteiger partial charge is 0.345 e. The van der Waals surface area contributed by atoms with E-state index in [2.05, 4.69) is 17.4 Å². The number of nitrogens with one attached hydrogen (secondary N) is 2. The Morgan fingerprint density at radius 2 is 2.56 bits per heavy atom. The summed E-state index contributed by atoms with van der Waals surface area (Å²) < 4.78 is 0. The zero-order valence-corrected chi connectivity index (χ0v) is 9.27. The van der Waals surface area contributed by atoms with E-state index >= 15 is 0 Å². The molecule has 1 unspecified atom stereocenters. The van der Waals surface area contributed by atoms with E-state index in [1.54, 1.807) is 18.0 Å². The van der Waals surface area contributed by atoms with Crippen LogP contribution in [0.1, 0.15) is 0 Å². The third-order valence-electron chi connectivity index (χ3n) is 2.54. The Labute approximate surface area is 94.5 Å². The number of nitrogens with zero attached hydrogens (tertiary/aromatic N) is 2. The molecule has 2 bridgehead atoms. The maximum Gasteiger partial charge on any atom is 0.345 e. The van der Waals surface area contributed by atoms with Gasteiger partial charge in [-0.25, -0.2) is 10.2 Å². The first-order valence-electron chi connectivity index (χ1n) is 5.21. The fourth-order valence-electron chi connectivity index (χ4n) is 1.93. The van der Waals surface area contributed by atoms with Crippen molar-refractivity contribution in [3.05, 3.63) is 24.4 Å². The number of carbonyl (C=O) groups is 1. The van der Waals surface area contributed by atoms with Crippen molar-refractivity contribution < 1.29 is 9.63 Å². The minimum Gasteiger partial charge on any atom is -0.324 e. The van der Waals surface area contributed by atoms with E-state index in [-0.39, 0.29) is 12.1 Å². The van der Waals surface area contributed by atoms with E-state index in [9.17, 15) is 4.79 Å². The second-order valence-corrected chi connectivity index (χ2v) is 3.71. The molecule has 1 saturated heterocycles. The third-order valence-corrected chi connectivity index (χ3v) is 2.54. The van der Waals surface area contributed by atoms with E-state index < -0.39 is 0 Å². The Morgan fingerprint density at radius 1 is 1.75 bits per heavy atom. The van der Waals surface area contributed by atoms with Crippen molar-refractivity contribution in [2.45, 2.75) is 6.04 Å². The van der Waals surface area contributed by atoms with E-state index in [0.29, 0.717) is 19.7 Å². The highest BCUT2D eigenvalue weighted by Crippen LogP contribution is 2.23. The fraction of sp³-hybridized carbons (Fsp3) is 0.500. The van der Waals surface area contributed by atoms with Crippen molar-refractivity contribution in [3.63, 3.8) is 0 Å². The van der Waals surface area contributed by atoms with Gasteiger partial charge in [0.25, 0.3) is 0 Å². The summed E-state index contributed by atoms with van der Waals surface area (Å²) in [6, 6.07) is -0.104. The van der Waals surface area contributed by atoms with Gasteiger partial charge in [0.2, 0.25) is 0 Å². The molecule has 16 heavy (non-hydrogen) atoms. The van der Waals surface area contributed by atoms with Gasteiger partial charge in [-0.2, -0.15) is 5.06 Å². The van der Waals surface area contributed by atoms with Crippen LogP contribution >= 0.6 is 0 Å². The summed E-state index contributed by atoms with van der Waals surface area (Å²) in [6.07, 6.45) is 3.63. The molecule has 2 amide bonds. The van der Waals surface area contributed by atoms with Crippen molar-refractivity contribution in [1.29, 1.82) is 0 Å². The first-order chi connectivity index (χ1) is 7.76. The predicted molar refractivity (Wildman–Crippen MR) is 59.0 cm³/mol. The van der Waals surface area contributed by atoms with Crippen molar-refractivity contribution in [2.24, 2.45) is 0 Å². The molecule has 1 atom stereocenters. The van der Waals surface area contributed by atoms with Crippen LogP contribution in [0.3, 0.4) is 0 Å². The second kappa shape index (κ2) is 4.54. The van der Waals surface area contributed by atoms with Crippen LogP contribution in [0.15, 0.2) is 24.4 Å². The SMILES string of the molecule is C=CCON1C(=O)N2CC(NNC)=CC1C2. The number of hydrogen-bond acceptors (Lipinski definition) is 4. The van der Waals surface area contributed by atoms with Gasteiger partial charge in [0, 0.05) is 19.3 Å². The molecule has 0 saturated carbocycles. The summed E-state index contributed by atoms with van der Waals surface area (Å²) >= 11 is 0. The van der Waals surface area contributed by atoms with Gasteiger partial charge in [-0.15, -0.1) is 6.58 Å². The molecule has 0 spiro atoms. The number of hydrazine groups is 1. The molecule has 2 aliphatic heterocycles. The van der Waals surface area contributed by atoms with Crippen LogP contribution in [0.2, 0.25) is 0 Å². The Hall–Kier alpha value is -1.53. The number of rotatable bonds is 5. The molecule has 2 N–H and O–H groups in total. The molecule has 2 aliphatic rings. The highest BCUT2D eigenvalue weighted by Gasteiger charge is 2.40. The van der Waals surface area contributed by atoms with Gasteiger partial charge in [-0.05, 0) is 6.08 Å². The molecule has 6 heteroatoms. The molecule has 2 rings (SSSR count). The first kappa shape index (κ1) is 11.0. The number of urea groups is 1. The highest BCUT2D eigenvalue weighted by atomic mass is 16.7. The molecule has 0 radical (unpaired) electrons. The Kier molecular flexibility index (Phi) is 3.12. The molecule has 88 valence electrons. The number of carbonyl (C=O) groups excluding carboxylic acids is 1. The number of hydroxylamine groups is 2. The molecule has 0 aliphatic carbocycles. The van der Waals surface area contributed by atoms with Crippen LogP contribution in [0.5, 0.6) is 0 Å². The predicted octanol–water partition coefficient (Wildman–Crippen LogP) is -0.168. The molecule has 0 aromatic heterocycles. The van der Waals surface area contributed by atoms with Gasteiger partial charge in [-0.1, -0.05) is 6.08 Å². The van der Waals surface area contributed by atoms with Crippen molar-refractivity contribution in [2.75, 3.05) is 26.7 Å². The summed E-state index contributed by atoms with van der Waals surface area (Å²) in [5, 5.41) is 1.41. The van der Waals surface area contributed by atoms with Gasteiger partial charge >= 0.3 is 6.03 Å². The summed E-state index contributed by atoms with van der Waals surface area (Å²) in [6.45, 7) is 5.18. The van der Waals surface area contributed by atoms with Crippen LogP contribution < -0.4 is 10.9 Å². The van der Waals surface area contributed by atoms with Crippen molar-refractivity contribution in [3.8, 4) is 0 Å². The number of fused-ring (bicyclic) bond motifs is 2. The lowest BCUT2D eigenvalue weighted by atomic mass is 10.2. The van der Waals surface area contributed by atoms with Crippen LogP contribution in [0.25, 0.3) is 0 Å². The van der Waals surface area contributed by atoms with E-state index in [1.807, 2.05) is 6.08 Å². The van der Waals surface area contributed by atoms with Crippen LogP contribution in [0, 0.1) is 0 Å². The smallest absolute Gasteiger partial charge is 0.324 e. The maximum atomic E-state index is 11.9. The molecule has 2 heterocycles. The first-order valence-corrected chi connectivity index (χ1v) is 5.21. The second-order valence-electron chi connectivity index (χ2n) is 3.71. The van der Waals surface area contributed by atoms with E-state index in [1.165, 1.54) is 5.06 Å². The highest BCUT2D eigenvalue weighted by molar-refractivity contribution is 5.77. The van der Waals surface area contributed by atoms with Crippen molar-refractivity contribution >= 4 is 6.03 Å². The standard InChI is InChI=1S/C10H16N4O2/c1-3-4-16-14-9-5-8(12-11-2)6-13(7-9)10(14)15/h3,5,9,11-12H,1,4,6-7H2,2H3. The van der Waals surface area contributed by atoms with Gasteiger partial charge < -0.3 is 10.3 Å². The average molecular weight is 224 g/mol. The van der Waals surface area contributed by atoms with Crippen LogP contribution in [-0.2, 0) is 4.84 Å². The lowest BCUT2D eigenvalue weighted by molar-refractivity contribution is -0.107. The summed E-state index contributed by atoms with van der Waals surface area (Å²) in [4.78, 5) is 18.9. The summed E-state index contributed by atoms with van der Waals surface area (Å²) in [5.74, 6) is 0. The number of amides is 2. The third kappa shape index (κ3) is 1.89. The van der Waals surface area contributed by atoms with Gasteiger partial charge in [0.1, 0.15) is 0 Å². The molecule has 6 nitrogen and oxygen atoms in total.